The highest BCUT2D eigenvalue weighted by Crippen LogP contribution is 2.51. The quantitative estimate of drug-likeness (QED) is 0.332. The zero-order valence-corrected chi connectivity index (χ0v) is 19.2. The van der Waals surface area contributed by atoms with E-state index in [1.54, 1.807) is 12.1 Å². The molecule has 1 amide bonds. The van der Waals surface area contributed by atoms with E-state index in [-0.39, 0.29) is 30.1 Å². The number of hydrogen-bond acceptors (Lipinski definition) is 6. The first kappa shape index (κ1) is 21.6. The van der Waals surface area contributed by atoms with E-state index in [1.165, 1.54) is 0 Å². The van der Waals surface area contributed by atoms with E-state index in [2.05, 4.69) is 11.0 Å². The second-order valence-electron chi connectivity index (χ2n) is 10.0. The molecule has 5 rings (SSSR count). The summed E-state index contributed by atoms with van der Waals surface area (Å²) in [4.78, 5) is 17.2. The Morgan fingerprint density at radius 1 is 1.06 bits per heavy atom. The molecule has 8 heteroatoms. The summed E-state index contributed by atoms with van der Waals surface area (Å²) in [6.45, 7) is 5.71. The van der Waals surface area contributed by atoms with E-state index in [9.17, 15) is 4.79 Å². The van der Waals surface area contributed by atoms with Gasteiger partial charge in [0.2, 0.25) is 0 Å². The number of carbonyl (C=O) groups is 1. The number of fused-ring (bicyclic) bond motifs is 4. The van der Waals surface area contributed by atoms with E-state index in [0.29, 0.717) is 11.3 Å². The molecule has 8 nitrogen and oxygen atoms in total. The third kappa shape index (κ3) is 3.88. The summed E-state index contributed by atoms with van der Waals surface area (Å²) in [5, 5.41) is 17.0. The molecule has 2 fully saturated rings. The van der Waals surface area contributed by atoms with Crippen LogP contribution in [0.2, 0.25) is 0 Å². The number of piperidine rings is 1. The summed E-state index contributed by atoms with van der Waals surface area (Å²) in [5.74, 6) is 1.32. The lowest BCUT2D eigenvalue weighted by Gasteiger charge is -2.45. The molecule has 3 N–H and O–H groups in total. The molecule has 0 radical (unpaired) electrons. The Hall–Kier alpha value is -3.26. The van der Waals surface area contributed by atoms with Crippen LogP contribution in [0, 0.1) is 5.41 Å². The minimum Gasteiger partial charge on any atom is -0.453 e. The van der Waals surface area contributed by atoms with Gasteiger partial charge in [-0.05, 0) is 76.8 Å². The minimum atomic E-state index is -0.510. The normalized spacial score (nSPS) is 23.3. The second kappa shape index (κ2) is 7.95. The van der Waals surface area contributed by atoms with Crippen LogP contribution in [-0.4, -0.2) is 45.8 Å². The van der Waals surface area contributed by atoms with Gasteiger partial charge in [-0.1, -0.05) is 12.1 Å². The Kier molecular flexibility index (Phi) is 5.20. The number of para-hydroxylation sites is 2. The van der Waals surface area contributed by atoms with Gasteiger partial charge in [0.05, 0.1) is 11.4 Å². The number of benzene rings is 2. The molecule has 2 aromatic rings. The van der Waals surface area contributed by atoms with Crippen LogP contribution in [0.4, 0.5) is 16.2 Å². The van der Waals surface area contributed by atoms with Gasteiger partial charge in [-0.3, -0.25) is 16.1 Å². The van der Waals surface area contributed by atoms with Crippen molar-refractivity contribution in [2.75, 3.05) is 4.90 Å². The first-order valence-corrected chi connectivity index (χ1v) is 11.5. The summed E-state index contributed by atoms with van der Waals surface area (Å²) in [6, 6.07) is 14.0. The van der Waals surface area contributed by atoms with Crippen molar-refractivity contribution in [3.8, 4) is 11.5 Å². The highest BCUT2D eigenvalue weighted by molar-refractivity contribution is 5.97. The van der Waals surface area contributed by atoms with Gasteiger partial charge in [0.25, 0.3) is 0 Å². The van der Waals surface area contributed by atoms with Crippen molar-refractivity contribution in [2.24, 2.45) is 0 Å². The fourth-order valence-corrected chi connectivity index (χ4v) is 5.37. The Morgan fingerprint density at radius 3 is 2.39 bits per heavy atom. The standard InChI is InChI=1S/C25H30N4O4/c1-25(2,3)33-24(30)28-16-9-10-17(28)14-18(13-16)29-19-6-4-5-7-21(19)32-22-12-15(23(26)27-31)8-11-20(22)29/h4-8,11-12,16-18,31H,9-10,13-14H2,1-3H3,(H2,26,27)/t16-,17+,18-. The fraction of sp³-hybridized carbons (Fsp3) is 0.440. The number of amidine groups is 1. The predicted octanol–water partition coefficient (Wildman–Crippen LogP) is 5.17. The van der Waals surface area contributed by atoms with Gasteiger partial charge in [0.15, 0.2) is 11.5 Å². The molecule has 2 saturated heterocycles. The van der Waals surface area contributed by atoms with Crippen molar-refractivity contribution >= 4 is 23.3 Å². The lowest BCUT2D eigenvalue weighted by Crippen LogP contribution is -2.53. The lowest BCUT2D eigenvalue weighted by atomic mass is 9.94. The topological polar surface area (TPSA) is 98.1 Å². The molecule has 2 bridgehead atoms. The predicted molar refractivity (Wildman–Crippen MR) is 125 cm³/mol. The first-order valence-electron chi connectivity index (χ1n) is 11.5. The van der Waals surface area contributed by atoms with Crippen LogP contribution in [0.3, 0.4) is 0 Å². The Bertz CT molecular complexity index is 1080. The highest BCUT2D eigenvalue weighted by atomic mass is 16.6. The number of hydrogen-bond donors (Lipinski definition) is 3. The van der Waals surface area contributed by atoms with Crippen LogP contribution in [0.5, 0.6) is 11.5 Å². The third-order valence-electron chi connectivity index (χ3n) is 6.64. The smallest absolute Gasteiger partial charge is 0.410 e. The summed E-state index contributed by atoms with van der Waals surface area (Å²) in [5.41, 5.74) is 3.86. The molecule has 0 aromatic heterocycles. The molecular formula is C25H30N4O4. The van der Waals surface area contributed by atoms with Gasteiger partial charge in [-0.15, -0.1) is 0 Å². The van der Waals surface area contributed by atoms with Crippen molar-refractivity contribution in [3.05, 3.63) is 48.0 Å². The summed E-state index contributed by atoms with van der Waals surface area (Å²) >= 11 is 0. The number of ether oxygens (including phenoxy) is 2. The van der Waals surface area contributed by atoms with Crippen LogP contribution in [-0.2, 0) is 4.74 Å². The van der Waals surface area contributed by atoms with E-state index < -0.39 is 5.60 Å². The van der Waals surface area contributed by atoms with Crippen LogP contribution in [0.1, 0.15) is 52.0 Å². The lowest BCUT2D eigenvalue weighted by molar-refractivity contribution is 0.00612. The average molecular weight is 451 g/mol. The second-order valence-corrected chi connectivity index (χ2v) is 10.0. The van der Waals surface area contributed by atoms with E-state index >= 15 is 0 Å². The Labute approximate surface area is 193 Å². The maximum atomic E-state index is 12.9. The van der Waals surface area contributed by atoms with Gasteiger partial charge >= 0.3 is 6.09 Å². The van der Waals surface area contributed by atoms with Crippen LogP contribution in [0.25, 0.3) is 0 Å². The van der Waals surface area contributed by atoms with Crippen LogP contribution < -0.4 is 15.1 Å². The highest BCUT2D eigenvalue weighted by Gasteiger charge is 2.47. The van der Waals surface area contributed by atoms with Crippen molar-refractivity contribution in [2.45, 2.75) is 70.2 Å². The molecule has 0 spiro atoms. The SMILES string of the molecule is CC(C)(C)OC(=O)N1[C@@H]2CC[C@H]1C[C@H](N1c3ccccc3Oc3cc(C(=N)NO)ccc31)C2. The average Bonchev–Trinajstić information content (AvgIpc) is 3.05. The maximum Gasteiger partial charge on any atom is 0.410 e. The number of nitrogens with one attached hydrogen (secondary N) is 2. The molecular weight excluding hydrogens is 420 g/mol. The molecule has 3 aliphatic rings. The number of hydroxylamine groups is 1. The zero-order chi connectivity index (χ0) is 23.3. The van der Waals surface area contributed by atoms with Crippen molar-refractivity contribution in [1.29, 1.82) is 5.41 Å². The van der Waals surface area contributed by atoms with Gasteiger partial charge in [-0.2, -0.15) is 0 Å². The third-order valence-corrected chi connectivity index (χ3v) is 6.64. The van der Waals surface area contributed by atoms with Crippen molar-refractivity contribution < 1.29 is 19.5 Å². The first-order chi connectivity index (χ1) is 15.7. The molecule has 3 atom stereocenters. The van der Waals surface area contributed by atoms with E-state index in [1.807, 2.05) is 55.4 Å². The van der Waals surface area contributed by atoms with Crippen molar-refractivity contribution in [1.82, 2.24) is 10.4 Å². The maximum absolute atomic E-state index is 12.9. The molecule has 0 aliphatic carbocycles. The van der Waals surface area contributed by atoms with Crippen molar-refractivity contribution in [3.63, 3.8) is 0 Å². The van der Waals surface area contributed by atoms with E-state index in [4.69, 9.17) is 20.1 Å². The summed E-state index contributed by atoms with van der Waals surface area (Å²) in [6.07, 6.45) is 3.45. The number of rotatable bonds is 2. The van der Waals surface area contributed by atoms with Gasteiger partial charge in [-0.25, -0.2) is 4.79 Å². The number of anilines is 2. The molecule has 174 valence electrons. The Balaban J connectivity index is 1.47. The van der Waals surface area contributed by atoms with E-state index in [0.717, 1.165) is 42.8 Å². The molecule has 2 aromatic carbocycles. The van der Waals surface area contributed by atoms with Gasteiger partial charge < -0.3 is 19.3 Å². The number of nitrogens with zero attached hydrogens (tertiary/aromatic N) is 2. The molecule has 33 heavy (non-hydrogen) atoms. The molecule has 3 heterocycles. The van der Waals surface area contributed by atoms with Crippen LogP contribution in [0.15, 0.2) is 42.5 Å². The zero-order valence-electron chi connectivity index (χ0n) is 19.2. The largest absolute Gasteiger partial charge is 0.453 e. The minimum absolute atomic E-state index is 0.0875. The van der Waals surface area contributed by atoms with Crippen LogP contribution >= 0.6 is 0 Å². The summed E-state index contributed by atoms with van der Waals surface area (Å²) in [7, 11) is 0. The molecule has 0 unspecified atom stereocenters. The fourth-order valence-electron chi connectivity index (χ4n) is 5.37. The molecule has 3 aliphatic heterocycles. The van der Waals surface area contributed by atoms with Gasteiger partial charge in [0, 0.05) is 23.7 Å². The van der Waals surface area contributed by atoms with Gasteiger partial charge in [0.1, 0.15) is 11.4 Å². The molecule has 0 saturated carbocycles. The number of amides is 1. The monoisotopic (exact) mass is 450 g/mol. The number of carbonyl (C=O) groups excluding carboxylic acids is 1. The Morgan fingerprint density at radius 2 is 1.73 bits per heavy atom. The summed E-state index contributed by atoms with van der Waals surface area (Å²) < 4.78 is 11.9.